The maximum absolute atomic E-state index is 11.1. The zero-order valence-electron chi connectivity index (χ0n) is 14.7. The molecule has 24 heavy (non-hydrogen) atoms. The van der Waals surface area contributed by atoms with Gasteiger partial charge in [0, 0.05) is 11.7 Å². The monoisotopic (exact) mass is 349 g/mol. The highest BCUT2D eigenvalue weighted by Gasteiger charge is 2.56. The smallest absolute Gasteiger partial charge is 0.231 e. The number of rotatable bonds is 5. The first-order chi connectivity index (χ1) is 11.7. The van der Waals surface area contributed by atoms with Gasteiger partial charge in [-0.05, 0) is 68.9 Å². The van der Waals surface area contributed by atoms with E-state index in [9.17, 15) is 4.79 Å². The van der Waals surface area contributed by atoms with Gasteiger partial charge in [0.25, 0.3) is 0 Å². The molecule has 2 aliphatic carbocycles. The van der Waals surface area contributed by atoms with Gasteiger partial charge in [0.05, 0.1) is 11.9 Å². The second-order valence-corrected chi connectivity index (χ2v) is 9.26. The molecule has 0 aromatic carbocycles. The first-order valence-electron chi connectivity index (χ1n) is 9.80. The number of nitrogens with two attached hydrogens (primary N) is 1. The zero-order chi connectivity index (χ0) is 16.6. The molecule has 1 unspecified atom stereocenters. The Kier molecular flexibility index (Phi) is 4.83. The fourth-order valence-electron chi connectivity index (χ4n) is 5.33. The van der Waals surface area contributed by atoms with Crippen molar-refractivity contribution in [3.63, 3.8) is 0 Å². The third-order valence-corrected chi connectivity index (χ3v) is 7.94. The van der Waals surface area contributed by atoms with Crippen molar-refractivity contribution in [3.8, 4) is 0 Å². The summed E-state index contributed by atoms with van der Waals surface area (Å²) >= 11 is 2.04. The molecule has 2 heterocycles. The lowest BCUT2D eigenvalue weighted by Gasteiger charge is -2.44. The van der Waals surface area contributed by atoms with Gasteiger partial charge in [-0.15, -0.1) is 11.8 Å². The van der Waals surface area contributed by atoms with Gasteiger partial charge >= 0.3 is 0 Å². The number of nitrogens with zero attached hydrogens (tertiary/aromatic N) is 2. The molecule has 5 heteroatoms. The van der Waals surface area contributed by atoms with Crippen LogP contribution in [-0.4, -0.2) is 46.3 Å². The van der Waals surface area contributed by atoms with Gasteiger partial charge in [-0.1, -0.05) is 19.3 Å². The maximum Gasteiger partial charge on any atom is 0.231 e. The molecule has 134 valence electrons. The number of hydrogen-bond acceptors (Lipinski definition) is 4. The van der Waals surface area contributed by atoms with Crippen molar-refractivity contribution < 1.29 is 4.79 Å². The minimum atomic E-state index is -0.193. The van der Waals surface area contributed by atoms with E-state index in [1.54, 1.807) is 0 Å². The fourth-order valence-corrected chi connectivity index (χ4v) is 6.60. The van der Waals surface area contributed by atoms with Gasteiger partial charge in [-0.3, -0.25) is 9.69 Å². The van der Waals surface area contributed by atoms with Crippen LogP contribution in [0.25, 0.3) is 0 Å². The van der Waals surface area contributed by atoms with E-state index in [0.29, 0.717) is 17.5 Å². The Bertz CT molecular complexity index is 491. The number of thioether (sulfide) groups is 1. The van der Waals surface area contributed by atoms with Crippen LogP contribution in [0, 0.1) is 11.8 Å². The maximum atomic E-state index is 11.1. The van der Waals surface area contributed by atoms with Crippen LogP contribution < -0.4 is 5.73 Å². The molecular weight excluding hydrogens is 318 g/mol. The van der Waals surface area contributed by atoms with Crippen molar-refractivity contribution >= 4 is 17.7 Å². The second kappa shape index (κ2) is 6.91. The standard InChI is InChI=1S/C19H31N3OS/c20-17(23)14-21-10-6-15(7-11-21)18-22(12-13-24-18)19(8-9-19)16-4-2-1-3-5-16/h12-13,15-16,18H,1-11,14H2,(H2,20,23). The molecule has 0 bridgehead atoms. The lowest BCUT2D eigenvalue weighted by molar-refractivity contribution is -0.119. The van der Waals surface area contributed by atoms with Crippen molar-refractivity contribution in [2.75, 3.05) is 19.6 Å². The minimum absolute atomic E-state index is 0.193. The highest BCUT2D eigenvalue weighted by molar-refractivity contribution is 8.02. The molecule has 2 N–H and O–H groups in total. The summed E-state index contributed by atoms with van der Waals surface area (Å²) in [7, 11) is 0. The molecule has 2 aliphatic heterocycles. The molecule has 4 aliphatic rings. The van der Waals surface area contributed by atoms with Crippen LogP contribution >= 0.6 is 11.8 Å². The van der Waals surface area contributed by atoms with Gasteiger partial charge in [0.15, 0.2) is 0 Å². The lowest BCUT2D eigenvalue weighted by atomic mass is 9.81. The largest absolute Gasteiger partial charge is 0.369 e. The Morgan fingerprint density at radius 2 is 1.83 bits per heavy atom. The van der Waals surface area contributed by atoms with Crippen LogP contribution in [0.1, 0.15) is 57.8 Å². The fraction of sp³-hybridized carbons (Fsp3) is 0.842. The van der Waals surface area contributed by atoms with Crippen LogP contribution in [0.2, 0.25) is 0 Å². The molecule has 4 nitrogen and oxygen atoms in total. The molecule has 0 aromatic heterocycles. The molecule has 1 atom stereocenters. The number of carbonyl (C=O) groups excluding carboxylic acids is 1. The summed E-state index contributed by atoms with van der Waals surface area (Å²) in [5.74, 6) is 1.48. The van der Waals surface area contributed by atoms with Gasteiger partial charge < -0.3 is 10.6 Å². The Balaban J connectivity index is 1.38. The highest BCUT2D eigenvalue weighted by atomic mass is 32.2. The summed E-state index contributed by atoms with van der Waals surface area (Å²) in [4.78, 5) is 16.1. The highest BCUT2D eigenvalue weighted by Crippen LogP contribution is 2.57. The zero-order valence-corrected chi connectivity index (χ0v) is 15.5. The average molecular weight is 350 g/mol. The van der Waals surface area contributed by atoms with Crippen molar-refractivity contribution in [3.05, 3.63) is 11.6 Å². The van der Waals surface area contributed by atoms with Gasteiger partial charge in [-0.2, -0.15) is 0 Å². The molecule has 0 aromatic rings. The predicted octanol–water partition coefficient (Wildman–Crippen LogP) is 3.14. The van der Waals surface area contributed by atoms with E-state index in [4.69, 9.17) is 5.73 Å². The predicted molar refractivity (Wildman–Crippen MR) is 99.3 cm³/mol. The summed E-state index contributed by atoms with van der Waals surface area (Å²) in [6.07, 6.45) is 14.8. The number of carbonyl (C=O) groups is 1. The molecule has 3 fully saturated rings. The summed E-state index contributed by atoms with van der Waals surface area (Å²) in [6, 6.07) is 0. The minimum Gasteiger partial charge on any atom is -0.369 e. The second-order valence-electron chi connectivity index (χ2n) is 8.24. The van der Waals surface area contributed by atoms with Gasteiger partial charge in [-0.25, -0.2) is 0 Å². The molecule has 1 saturated heterocycles. The van der Waals surface area contributed by atoms with E-state index in [1.165, 1.54) is 57.8 Å². The van der Waals surface area contributed by atoms with E-state index in [0.717, 1.165) is 24.9 Å². The van der Waals surface area contributed by atoms with Crippen LogP contribution in [0.15, 0.2) is 11.6 Å². The van der Waals surface area contributed by atoms with E-state index in [-0.39, 0.29) is 5.91 Å². The van der Waals surface area contributed by atoms with Crippen LogP contribution in [0.5, 0.6) is 0 Å². The molecule has 0 radical (unpaired) electrons. The Hall–Kier alpha value is -0.680. The van der Waals surface area contributed by atoms with E-state index in [1.807, 2.05) is 11.8 Å². The lowest BCUT2D eigenvalue weighted by Crippen LogP contribution is -2.49. The van der Waals surface area contributed by atoms with Crippen molar-refractivity contribution in [1.29, 1.82) is 0 Å². The summed E-state index contributed by atoms with van der Waals surface area (Å²) < 4.78 is 0. The third kappa shape index (κ3) is 3.22. The third-order valence-electron chi connectivity index (χ3n) is 6.77. The molecule has 2 saturated carbocycles. The van der Waals surface area contributed by atoms with E-state index >= 15 is 0 Å². The van der Waals surface area contributed by atoms with E-state index < -0.39 is 0 Å². The Morgan fingerprint density at radius 1 is 1.12 bits per heavy atom. The molecular formula is C19H31N3OS. The number of hydrogen-bond donors (Lipinski definition) is 1. The quantitative estimate of drug-likeness (QED) is 0.828. The molecule has 4 rings (SSSR count). The average Bonchev–Trinajstić information content (AvgIpc) is 3.26. The molecule has 0 spiro atoms. The number of piperidine rings is 1. The summed E-state index contributed by atoms with van der Waals surface area (Å²) in [6.45, 7) is 2.47. The van der Waals surface area contributed by atoms with Crippen molar-refractivity contribution in [2.24, 2.45) is 17.6 Å². The number of amides is 1. The Morgan fingerprint density at radius 3 is 2.46 bits per heavy atom. The molecule has 1 amide bonds. The SMILES string of the molecule is NC(=O)CN1CCC(C2SC=CN2C2(C3CCCCC3)CC2)CC1. The Labute approximate surface area is 150 Å². The number of primary amides is 1. The van der Waals surface area contributed by atoms with Crippen molar-refractivity contribution in [2.45, 2.75) is 68.7 Å². The number of likely N-dealkylation sites (tertiary alicyclic amines) is 1. The summed E-state index contributed by atoms with van der Waals surface area (Å²) in [5.41, 5.74) is 5.84. The summed E-state index contributed by atoms with van der Waals surface area (Å²) in [5, 5.41) is 2.97. The van der Waals surface area contributed by atoms with Gasteiger partial charge in [0.2, 0.25) is 5.91 Å². The van der Waals surface area contributed by atoms with E-state index in [2.05, 4.69) is 21.4 Å². The van der Waals surface area contributed by atoms with Crippen LogP contribution in [-0.2, 0) is 4.79 Å². The first kappa shape index (κ1) is 16.8. The topological polar surface area (TPSA) is 49.6 Å². The van der Waals surface area contributed by atoms with Gasteiger partial charge in [0.1, 0.15) is 0 Å². The normalized spacial score (nSPS) is 31.5. The van der Waals surface area contributed by atoms with Crippen LogP contribution in [0.3, 0.4) is 0 Å². The van der Waals surface area contributed by atoms with Crippen LogP contribution in [0.4, 0.5) is 0 Å². The first-order valence-corrected chi connectivity index (χ1v) is 10.7. The van der Waals surface area contributed by atoms with Crippen molar-refractivity contribution in [1.82, 2.24) is 9.80 Å².